The Morgan fingerprint density at radius 1 is 1.21 bits per heavy atom. The maximum atomic E-state index is 9.62. The highest BCUT2D eigenvalue weighted by Gasteiger charge is 2.26. The van der Waals surface area contributed by atoms with Crippen LogP contribution in [0.15, 0.2) is 12.7 Å². The molecule has 0 saturated carbocycles. The number of hydrogen-bond acceptors (Lipinski definition) is 3. The minimum Gasteiger partial charge on any atom is -0.394 e. The fraction of sp³-hybridized carbons (Fsp3) is 0.818. The lowest BCUT2D eigenvalue weighted by molar-refractivity contribution is 0.00529. The van der Waals surface area contributed by atoms with E-state index in [9.17, 15) is 5.11 Å². The topological polar surface area (TPSA) is 43.7 Å². The Hall–Kier alpha value is -0.380. The van der Waals surface area contributed by atoms with Gasteiger partial charge in [0.05, 0.1) is 18.8 Å². The van der Waals surface area contributed by atoms with Crippen LogP contribution in [0.1, 0.15) is 27.7 Å². The van der Waals surface area contributed by atoms with Crippen LogP contribution in [-0.2, 0) is 0 Å². The molecule has 0 aliphatic carbocycles. The first kappa shape index (κ1) is 13.6. The van der Waals surface area contributed by atoms with Crippen LogP contribution in [0.3, 0.4) is 0 Å². The molecule has 0 aromatic rings. The van der Waals surface area contributed by atoms with E-state index >= 15 is 0 Å². The third kappa shape index (κ3) is 3.40. The van der Waals surface area contributed by atoms with Gasteiger partial charge in [0.25, 0.3) is 0 Å². The van der Waals surface area contributed by atoms with Crippen molar-refractivity contribution in [2.45, 2.75) is 51.9 Å². The molecule has 0 spiro atoms. The molecular formula is C11H23NO2. The van der Waals surface area contributed by atoms with E-state index in [1.807, 2.05) is 0 Å². The molecule has 0 aromatic carbocycles. The van der Waals surface area contributed by atoms with Crippen molar-refractivity contribution >= 4 is 0 Å². The van der Waals surface area contributed by atoms with E-state index in [4.69, 9.17) is 5.11 Å². The van der Waals surface area contributed by atoms with Crippen LogP contribution in [0.5, 0.6) is 0 Å². The first-order valence-electron chi connectivity index (χ1n) is 5.14. The highest BCUT2D eigenvalue weighted by molar-refractivity contribution is 4.95. The molecule has 0 aliphatic heterocycles. The monoisotopic (exact) mass is 201 g/mol. The Kier molecular flexibility index (Phi) is 6.00. The number of nitrogens with zero attached hydrogens (tertiary/aromatic N) is 1. The van der Waals surface area contributed by atoms with Gasteiger partial charge in [-0.15, -0.1) is 6.58 Å². The quantitative estimate of drug-likeness (QED) is 0.630. The molecule has 0 saturated heterocycles. The molecule has 0 amide bonds. The summed E-state index contributed by atoms with van der Waals surface area (Å²) in [6.07, 6.45) is 0.943. The highest BCUT2D eigenvalue weighted by Crippen LogP contribution is 2.14. The van der Waals surface area contributed by atoms with Crippen molar-refractivity contribution in [2.75, 3.05) is 6.61 Å². The zero-order valence-corrected chi connectivity index (χ0v) is 9.64. The van der Waals surface area contributed by atoms with Gasteiger partial charge < -0.3 is 10.2 Å². The first-order valence-corrected chi connectivity index (χ1v) is 5.14. The predicted octanol–water partition coefficient (Wildman–Crippen LogP) is 1.01. The largest absolute Gasteiger partial charge is 0.394 e. The Morgan fingerprint density at radius 3 is 1.86 bits per heavy atom. The van der Waals surface area contributed by atoms with Crippen LogP contribution in [0, 0.1) is 0 Å². The normalized spacial score (nSPS) is 16.4. The molecule has 3 heteroatoms. The zero-order chi connectivity index (χ0) is 11.3. The minimum atomic E-state index is -0.753. The number of aliphatic hydroxyl groups excluding tert-OH is 2. The molecular weight excluding hydrogens is 178 g/mol. The van der Waals surface area contributed by atoms with E-state index < -0.39 is 6.10 Å². The predicted molar refractivity (Wildman–Crippen MR) is 59.2 cm³/mol. The maximum Gasteiger partial charge on any atom is 0.0961 e. The summed E-state index contributed by atoms with van der Waals surface area (Å²) in [6, 6.07) is 0.457. The van der Waals surface area contributed by atoms with E-state index in [2.05, 4.69) is 39.2 Å². The minimum absolute atomic E-state index is 0.181. The molecule has 0 aromatic heterocycles. The fourth-order valence-electron chi connectivity index (χ4n) is 1.87. The summed E-state index contributed by atoms with van der Waals surface area (Å²) >= 11 is 0. The summed E-state index contributed by atoms with van der Waals surface area (Å²) in [5.74, 6) is 0. The van der Waals surface area contributed by atoms with Crippen molar-refractivity contribution in [2.24, 2.45) is 0 Å². The SMILES string of the molecule is C=C[C@@H]([C@H](O)CO)N(C(C)C)C(C)C. The second-order valence-electron chi connectivity index (χ2n) is 4.11. The molecule has 0 heterocycles. The summed E-state index contributed by atoms with van der Waals surface area (Å²) in [7, 11) is 0. The summed E-state index contributed by atoms with van der Waals surface area (Å²) in [5.41, 5.74) is 0. The first-order chi connectivity index (χ1) is 6.45. The highest BCUT2D eigenvalue weighted by atomic mass is 16.3. The molecule has 84 valence electrons. The van der Waals surface area contributed by atoms with E-state index in [-0.39, 0.29) is 12.6 Å². The van der Waals surface area contributed by atoms with Crippen molar-refractivity contribution in [3.8, 4) is 0 Å². The van der Waals surface area contributed by atoms with Gasteiger partial charge >= 0.3 is 0 Å². The van der Waals surface area contributed by atoms with Gasteiger partial charge in [0.1, 0.15) is 0 Å². The lowest BCUT2D eigenvalue weighted by atomic mass is 10.1. The molecule has 0 bridgehead atoms. The maximum absolute atomic E-state index is 9.62. The van der Waals surface area contributed by atoms with Crippen LogP contribution in [0.4, 0.5) is 0 Å². The molecule has 3 nitrogen and oxygen atoms in total. The van der Waals surface area contributed by atoms with E-state index in [1.54, 1.807) is 6.08 Å². The summed E-state index contributed by atoms with van der Waals surface area (Å²) in [4.78, 5) is 2.13. The average molecular weight is 201 g/mol. The van der Waals surface area contributed by atoms with E-state index in [1.165, 1.54) is 0 Å². The number of rotatable bonds is 6. The van der Waals surface area contributed by atoms with Crippen molar-refractivity contribution < 1.29 is 10.2 Å². The van der Waals surface area contributed by atoms with E-state index in [0.29, 0.717) is 12.1 Å². The molecule has 2 N–H and O–H groups in total. The average Bonchev–Trinajstić information content (AvgIpc) is 2.11. The van der Waals surface area contributed by atoms with Gasteiger partial charge in [0.15, 0.2) is 0 Å². The van der Waals surface area contributed by atoms with Crippen LogP contribution in [0.2, 0.25) is 0 Å². The molecule has 0 fully saturated rings. The van der Waals surface area contributed by atoms with Gasteiger partial charge in [0.2, 0.25) is 0 Å². The second kappa shape index (κ2) is 6.17. The summed E-state index contributed by atoms with van der Waals surface area (Å²) in [5, 5.41) is 18.5. The Bertz CT molecular complexity index is 161. The molecule has 0 radical (unpaired) electrons. The van der Waals surface area contributed by atoms with Crippen molar-refractivity contribution in [3.63, 3.8) is 0 Å². The van der Waals surface area contributed by atoms with Crippen molar-refractivity contribution in [3.05, 3.63) is 12.7 Å². The lowest BCUT2D eigenvalue weighted by Gasteiger charge is -2.38. The van der Waals surface area contributed by atoms with Gasteiger partial charge in [-0.3, -0.25) is 4.90 Å². The molecule has 0 aliphatic rings. The third-order valence-corrected chi connectivity index (χ3v) is 2.36. The van der Waals surface area contributed by atoms with Crippen LogP contribution < -0.4 is 0 Å². The fourth-order valence-corrected chi connectivity index (χ4v) is 1.87. The Morgan fingerprint density at radius 2 is 1.64 bits per heavy atom. The Labute approximate surface area is 87.0 Å². The Balaban J connectivity index is 4.66. The van der Waals surface area contributed by atoms with Gasteiger partial charge in [-0.2, -0.15) is 0 Å². The number of hydrogen-bond donors (Lipinski definition) is 2. The van der Waals surface area contributed by atoms with Gasteiger partial charge in [0, 0.05) is 12.1 Å². The van der Waals surface area contributed by atoms with Gasteiger partial charge in [-0.05, 0) is 27.7 Å². The smallest absolute Gasteiger partial charge is 0.0961 e. The van der Waals surface area contributed by atoms with Crippen LogP contribution in [0.25, 0.3) is 0 Å². The summed E-state index contributed by atoms with van der Waals surface area (Å²) < 4.78 is 0. The number of aliphatic hydroxyl groups is 2. The van der Waals surface area contributed by atoms with E-state index in [0.717, 1.165) is 0 Å². The molecule has 0 rings (SSSR count). The zero-order valence-electron chi connectivity index (χ0n) is 9.64. The second-order valence-corrected chi connectivity index (χ2v) is 4.11. The van der Waals surface area contributed by atoms with Crippen LogP contribution in [-0.4, -0.2) is 45.9 Å². The van der Waals surface area contributed by atoms with Gasteiger partial charge in [-0.25, -0.2) is 0 Å². The van der Waals surface area contributed by atoms with Gasteiger partial charge in [-0.1, -0.05) is 6.08 Å². The van der Waals surface area contributed by atoms with Crippen molar-refractivity contribution in [1.82, 2.24) is 4.90 Å². The molecule has 2 atom stereocenters. The van der Waals surface area contributed by atoms with Crippen molar-refractivity contribution in [1.29, 1.82) is 0 Å². The summed E-state index contributed by atoms with van der Waals surface area (Å²) in [6.45, 7) is 11.8. The van der Waals surface area contributed by atoms with Crippen LogP contribution >= 0.6 is 0 Å². The standard InChI is InChI=1S/C11H23NO2/c1-6-10(11(14)7-13)12(8(2)3)9(4)5/h6,8-11,13-14H,1,7H2,2-5H3/t10-,11+/m0/s1. The molecule has 14 heavy (non-hydrogen) atoms. The third-order valence-electron chi connectivity index (χ3n) is 2.36. The lowest BCUT2D eigenvalue weighted by Crippen LogP contribution is -2.50. The molecule has 0 unspecified atom stereocenters.